The smallest absolute Gasteiger partial charge is 0.259 e. The highest BCUT2D eigenvalue weighted by atomic mass is 16.5. The van der Waals surface area contributed by atoms with E-state index >= 15 is 0 Å². The first-order valence-electron chi connectivity index (χ1n) is 7.61. The molecule has 9 heteroatoms. The lowest BCUT2D eigenvalue weighted by molar-refractivity contribution is 0.201. The van der Waals surface area contributed by atoms with Crippen LogP contribution < -0.4 is 16.0 Å². The molecule has 0 aliphatic rings. The van der Waals surface area contributed by atoms with Gasteiger partial charge in [0.15, 0.2) is 11.4 Å². The maximum absolute atomic E-state index is 11.9. The molecule has 0 aliphatic carbocycles. The average Bonchev–Trinajstić information content (AvgIpc) is 3.23. The van der Waals surface area contributed by atoms with Crippen LogP contribution >= 0.6 is 0 Å². The lowest BCUT2D eigenvalue weighted by Gasteiger charge is -2.09. The molecule has 0 radical (unpaired) electrons. The number of nitrogens with two attached hydrogens (primary N) is 1. The van der Waals surface area contributed by atoms with Gasteiger partial charge in [0.1, 0.15) is 17.9 Å². The van der Waals surface area contributed by atoms with Crippen molar-refractivity contribution in [2.75, 3.05) is 13.2 Å². The number of ether oxygens (including phenoxy) is 1. The predicted molar refractivity (Wildman–Crippen MR) is 89.4 cm³/mol. The van der Waals surface area contributed by atoms with Gasteiger partial charge in [-0.15, -0.1) is 5.10 Å². The lowest BCUT2D eigenvalue weighted by Crippen LogP contribution is -2.31. The summed E-state index contributed by atoms with van der Waals surface area (Å²) in [6, 6.07) is 6.25. The van der Waals surface area contributed by atoms with Crippen LogP contribution in [-0.2, 0) is 0 Å². The number of nitrogens with zero attached hydrogens (tertiary/aromatic N) is 3. The standard InChI is InChI=1S/C16H15N5O4/c17-9(7-22)8-24-15-2-1-14-19-6-11(21(14)20-15)13-5-10-12(25-13)3-4-18-16(10)23/h1-6,9,22H,7-8,17H2,(H,18,23). The van der Waals surface area contributed by atoms with Crippen LogP contribution in [0.2, 0.25) is 0 Å². The van der Waals surface area contributed by atoms with Gasteiger partial charge in [-0.1, -0.05) is 0 Å². The molecular formula is C16H15N5O4. The van der Waals surface area contributed by atoms with Crippen molar-refractivity contribution in [2.45, 2.75) is 6.04 Å². The van der Waals surface area contributed by atoms with Gasteiger partial charge < -0.3 is 25.0 Å². The van der Waals surface area contributed by atoms with Crippen molar-refractivity contribution < 1.29 is 14.3 Å². The van der Waals surface area contributed by atoms with Gasteiger partial charge in [0.25, 0.3) is 5.56 Å². The molecule has 0 bridgehead atoms. The highest BCUT2D eigenvalue weighted by Crippen LogP contribution is 2.26. The first-order chi connectivity index (χ1) is 12.2. The number of hydrogen-bond acceptors (Lipinski definition) is 7. The van der Waals surface area contributed by atoms with E-state index in [9.17, 15) is 4.79 Å². The Hall–Kier alpha value is -3.17. The number of fused-ring (bicyclic) bond motifs is 2. The molecule has 0 saturated heterocycles. The van der Waals surface area contributed by atoms with E-state index in [1.54, 1.807) is 35.0 Å². The van der Waals surface area contributed by atoms with Crippen molar-refractivity contribution >= 4 is 16.6 Å². The minimum Gasteiger partial charge on any atom is -0.475 e. The maximum atomic E-state index is 11.9. The Bertz CT molecular complexity index is 1100. The van der Waals surface area contributed by atoms with Gasteiger partial charge in [-0.25, -0.2) is 9.50 Å². The number of aromatic amines is 1. The van der Waals surface area contributed by atoms with E-state index in [1.807, 2.05) is 0 Å². The number of rotatable bonds is 5. The highest BCUT2D eigenvalue weighted by Gasteiger charge is 2.14. The van der Waals surface area contributed by atoms with Crippen molar-refractivity contribution in [2.24, 2.45) is 5.73 Å². The second kappa shape index (κ2) is 6.04. The minimum absolute atomic E-state index is 0.138. The molecule has 0 fully saturated rings. The Balaban J connectivity index is 1.75. The molecule has 0 aromatic carbocycles. The van der Waals surface area contributed by atoms with Crippen molar-refractivity contribution in [1.82, 2.24) is 19.6 Å². The van der Waals surface area contributed by atoms with Crippen molar-refractivity contribution in [1.29, 1.82) is 0 Å². The van der Waals surface area contributed by atoms with Crippen LogP contribution in [0.5, 0.6) is 5.88 Å². The first-order valence-corrected chi connectivity index (χ1v) is 7.61. The van der Waals surface area contributed by atoms with Gasteiger partial charge in [0.05, 0.1) is 24.2 Å². The molecule has 0 amide bonds. The van der Waals surface area contributed by atoms with E-state index in [2.05, 4.69) is 15.1 Å². The summed E-state index contributed by atoms with van der Waals surface area (Å²) in [5.74, 6) is 0.806. The molecule has 4 rings (SSSR count). The van der Waals surface area contributed by atoms with Gasteiger partial charge in [0, 0.05) is 12.3 Å². The molecule has 4 heterocycles. The number of H-pyrrole nitrogens is 1. The fourth-order valence-corrected chi connectivity index (χ4v) is 2.45. The lowest BCUT2D eigenvalue weighted by atomic mass is 10.3. The molecule has 4 aromatic heterocycles. The second-order valence-electron chi connectivity index (χ2n) is 5.53. The Kier molecular flexibility index (Phi) is 3.71. The van der Waals surface area contributed by atoms with Gasteiger partial charge in [0.2, 0.25) is 5.88 Å². The molecule has 128 valence electrons. The number of nitrogens with one attached hydrogen (secondary N) is 1. The summed E-state index contributed by atoms with van der Waals surface area (Å²) in [7, 11) is 0. The summed E-state index contributed by atoms with van der Waals surface area (Å²) in [6.45, 7) is -0.0366. The molecule has 1 atom stereocenters. The van der Waals surface area contributed by atoms with E-state index in [4.69, 9.17) is 20.0 Å². The Morgan fingerprint density at radius 1 is 1.40 bits per heavy atom. The normalized spacial score (nSPS) is 12.7. The second-order valence-corrected chi connectivity index (χ2v) is 5.53. The number of pyridine rings is 1. The topological polar surface area (TPSA) is 132 Å². The molecule has 4 aromatic rings. The first kappa shape index (κ1) is 15.4. The third kappa shape index (κ3) is 2.75. The number of hydrogen-bond donors (Lipinski definition) is 3. The van der Waals surface area contributed by atoms with Gasteiger partial charge in [-0.05, 0) is 18.2 Å². The number of furan rings is 1. The Morgan fingerprint density at radius 2 is 2.28 bits per heavy atom. The predicted octanol–water partition coefficient (Wildman–Crippen LogP) is 0.529. The number of aliphatic hydroxyl groups is 1. The third-order valence-electron chi connectivity index (χ3n) is 3.72. The van der Waals surface area contributed by atoms with E-state index in [1.165, 1.54) is 6.20 Å². The molecular weight excluding hydrogens is 326 g/mol. The molecule has 25 heavy (non-hydrogen) atoms. The van der Waals surface area contributed by atoms with Crippen LogP contribution in [0.25, 0.3) is 28.1 Å². The van der Waals surface area contributed by atoms with Crippen LogP contribution in [-0.4, -0.2) is 43.9 Å². The summed E-state index contributed by atoms with van der Waals surface area (Å²) in [5, 5.41) is 13.8. The van der Waals surface area contributed by atoms with E-state index in [-0.39, 0.29) is 18.8 Å². The van der Waals surface area contributed by atoms with Crippen LogP contribution in [0.4, 0.5) is 0 Å². The van der Waals surface area contributed by atoms with Crippen LogP contribution in [0, 0.1) is 0 Å². The van der Waals surface area contributed by atoms with Crippen molar-refractivity contribution in [3.8, 4) is 17.3 Å². The van der Waals surface area contributed by atoms with E-state index in [0.717, 1.165) is 0 Å². The fraction of sp³-hybridized carbons (Fsp3) is 0.188. The maximum Gasteiger partial charge on any atom is 0.259 e. The van der Waals surface area contributed by atoms with Crippen LogP contribution in [0.3, 0.4) is 0 Å². The van der Waals surface area contributed by atoms with Gasteiger partial charge in [-0.3, -0.25) is 4.79 Å². The summed E-state index contributed by atoms with van der Waals surface area (Å²) in [5.41, 5.74) is 7.06. The van der Waals surface area contributed by atoms with E-state index in [0.29, 0.717) is 34.0 Å². The molecule has 4 N–H and O–H groups in total. The molecule has 1 unspecified atom stereocenters. The Labute approximate surface area is 140 Å². The number of aliphatic hydroxyl groups excluding tert-OH is 1. The largest absolute Gasteiger partial charge is 0.475 e. The monoisotopic (exact) mass is 341 g/mol. The average molecular weight is 341 g/mol. The Morgan fingerprint density at radius 3 is 3.08 bits per heavy atom. The van der Waals surface area contributed by atoms with Crippen molar-refractivity contribution in [3.63, 3.8) is 0 Å². The molecule has 0 saturated carbocycles. The zero-order valence-electron chi connectivity index (χ0n) is 13.0. The van der Waals surface area contributed by atoms with E-state index < -0.39 is 6.04 Å². The third-order valence-corrected chi connectivity index (χ3v) is 3.72. The quantitative estimate of drug-likeness (QED) is 0.482. The van der Waals surface area contributed by atoms with Crippen LogP contribution in [0.1, 0.15) is 0 Å². The van der Waals surface area contributed by atoms with Crippen LogP contribution in [0.15, 0.2) is 45.9 Å². The zero-order chi connectivity index (χ0) is 17.4. The summed E-state index contributed by atoms with van der Waals surface area (Å²) < 4.78 is 12.8. The molecule has 9 nitrogen and oxygen atoms in total. The number of imidazole rings is 1. The minimum atomic E-state index is -0.484. The number of aromatic nitrogens is 4. The summed E-state index contributed by atoms with van der Waals surface area (Å²) in [4.78, 5) is 18.7. The van der Waals surface area contributed by atoms with Gasteiger partial charge >= 0.3 is 0 Å². The summed E-state index contributed by atoms with van der Waals surface area (Å²) in [6.07, 6.45) is 3.14. The van der Waals surface area contributed by atoms with Crippen molar-refractivity contribution in [3.05, 3.63) is 47.0 Å². The molecule has 0 aliphatic heterocycles. The zero-order valence-corrected chi connectivity index (χ0v) is 13.0. The highest BCUT2D eigenvalue weighted by molar-refractivity contribution is 5.81. The fourth-order valence-electron chi connectivity index (χ4n) is 2.45. The summed E-state index contributed by atoms with van der Waals surface area (Å²) >= 11 is 0. The SMILES string of the molecule is NC(CO)COc1ccc2ncc(-c3cc4c(=O)[nH]ccc4o3)n2n1. The molecule has 0 spiro atoms. The van der Waals surface area contributed by atoms with Gasteiger partial charge in [-0.2, -0.15) is 0 Å².